The van der Waals surface area contributed by atoms with Gasteiger partial charge in [-0.15, -0.1) is 0 Å². The second kappa shape index (κ2) is 5.40. The molecule has 1 atom stereocenters. The number of hydrazine groups is 1. The van der Waals surface area contributed by atoms with Crippen LogP contribution in [0.1, 0.15) is 17.3 Å². The van der Waals surface area contributed by atoms with Crippen molar-refractivity contribution in [2.45, 2.75) is 19.5 Å². The minimum Gasteiger partial charge on any atom is -0.329 e. The molecule has 0 fully saturated rings. The molecule has 20 heavy (non-hydrogen) atoms. The lowest BCUT2D eigenvalue weighted by Crippen LogP contribution is -2.31. The number of nitrogens with zero attached hydrogens (tertiary/aromatic N) is 3. The van der Waals surface area contributed by atoms with E-state index < -0.39 is 0 Å². The topological polar surface area (TPSA) is 68.8 Å². The van der Waals surface area contributed by atoms with Gasteiger partial charge in [0.05, 0.1) is 23.4 Å². The van der Waals surface area contributed by atoms with Crippen LogP contribution >= 0.6 is 0 Å². The maximum atomic E-state index is 5.69. The second-order valence-corrected chi connectivity index (χ2v) is 4.84. The minimum absolute atomic E-state index is 0.000654. The molecule has 2 heterocycles. The number of aryl methyl sites for hydroxylation is 1. The van der Waals surface area contributed by atoms with Gasteiger partial charge in [0.25, 0.3) is 0 Å². The van der Waals surface area contributed by atoms with E-state index in [1.54, 1.807) is 0 Å². The molecule has 0 radical (unpaired) electrons. The summed E-state index contributed by atoms with van der Waals surface area (Å²) in [4.78, 5) is 8.71. The first kappa shape index (κ1) is 12.8. The third kappa shape index (κ3) is 2.41. The fraction of sp³-hybridized carbons (Fsp3) is 0.200. The molecule has 1 aromatic carbocycles. The van der Waals surface area contributed by atoms with Crippen molar-refractivity contribution >= 4 is 11.0 Å². The van der Waals surface area contributed by atoms with Crippen LogP contribution < -0.4 is 11.3 Å². The number of rotatable bonds is 4. The number of pyridine rings is 1. The average molecular weight is 267 g/mol. The lowest BCUT2D eigenvalue weighted by Gasteiger charge is -2.17. The lowest BCUT2D eigenvalue weighted by atomic mass is 10.1. The zero-order valence-corrected chi connectivity index (χ0v) is 11.3. The molecule has 0 aliphatic carbocycles. The summed E-state index contributed by atoms with van der Waals surface area (Å²) >= 11 is 0. The molecule has 1 unspecified atom stereocenters. The summed E-state index contributed by atoms with van der Waals surface area (Å²) in [5.41, 5.74) is 7.01. The van der Waals surface area contributed by atoms with Crippen molar-refractivity contribution < 1.29 is 0 Å². The Balaban J connectivity index is 1.89. The van der Waals surface area contributed by atoms with Crippen molar-refractivity contribution in [2.24, 2.45) is 5.84 Å². The molecule has 102 valence electrons. The normalized spacial score (nSPS) is 12.7. The Morgan fingerprint density at radius 1 is 1.20 bits per heavy atom. The number of nitrogens with one attached hydrogen (secondary N) is 1. The Morgan fingerprint density at radius 3 is 2.80 bits per heavy atom. The Bertz CT molecular complexity index is 702. The number of nitrogens with two attached hydrogens (primary N) is 1. The van der Waals surface area contributed by atoms with E-state index in [-0.39, 0.29) is 6.04 Å². The minimum atomic E-state index is 0.000654. The van der Waals surface area contributed by atoms with E-state index >= 15 is 0 Å². The largest absolute Gasteiger partial charge is 0.329 e. The summed E-state index contributed by atoms with van der Waals surface area (Å²) in [6.07, 6.45) is 3.70. The Kier molecular flexibility index (Phi) is 3.45. The molecule has 0 aliphatic rings. The summed E-state index contributed by atoms with van der Waals surface area (Å²) in [6.45, 7) is 2.68. The number of imidazole rings is 1. The quantitative estimate of drug-likeness (QED) is 0.560. The monoisotopic (exact) mass is 267 g/mol. The number of aromatic nitrogens is 3. The molecule has 0 amide bonds. The van der Waals surface area contributed by atoms with E-state index in [0.717, 1.165) is 22.3 Å². The molecule has 0 bridgehead atoms. The molecule has 0 spiro atoms. The van der Waals surface area contributed by atoms with Gasteiger partial charge in [-0.1, -0.05) is 18.2 Å². The third-order valence-corrected chi connectivity index (χ3v) is 3.44. The first-order valence-electron chi connectivity index (χ1n) is 6.56. The third-order valence-electron chi connectivity index (χ3n) is 3.44. The van der Waals surface area contributed by atoms with Crippen molar-refractivity contribution in [3.63, 3.8) is 0 Å². The molecule has 3 N–H and O–H groups in total. The molecule has 2 aromatic heterocycles. The SMILES string of the molecule is Cc1ccc(C(Cn2cnc3ccccc32)NN)cn1. The van der Waals surface area contributed by atoms with E-state index in [4.69, 9.17) is 5.84 Å². The first-order chi connectivity index (χ1) is 9.78. The van der Waals surface area contributed by atoms with Gasteiger partial charge in [-0.05, 0) is 30.7 Å². The van der Waals surface area contributed by atoms with Crippen LogP contribution in [0.15, 0.2) is 48.9 Å². The summed E-state index contributed by atoms with van der Waals surface area (Å²) in [5, 5.41) is 0. The molecule has 5 heteroatoms. The van der Waals surface area contributed by atoms with Crippen LogP contribution in [0.25, 0.3) is 11.0 Å². The predicted molar refractivity (Wildman–Crippen MR) is 78.8 cm³/mol. The smallest absolute Gasteiger partial charge is 0.0958 e. The maximum Gasteiger partial charge on any atom is 0.0958 e. The number of hydrogen-bond donors (Lipinski definition) is 2. The van der Waals surface area contributed by atoms with Gasteiger partial charge in [0.15, 0.2) is 0 Å². The molecule has 3 aromatic rings. The molecular formula is C15H17N5. The van der Waals surface area contributed by atoms with E-state index in [0.29, 0.717) is 6.54 Å². The van der Waals surface area contributed by atoms with Crippen LogP contribution in [0.3, 0.4) is 0 Å². The molecule has 0 saturated heterocycles. The highest BCUT2D eigenvalue weighted by Gasteiger charge is 2.12. The van der Waals surface area contributed by atoms with Crippen molar-refractivity contribution in [1.82, 2.24) is 20.0 Å². The van der Waals surface area contributed by atoms with Gasteiger partial charge in [-0.25, -0.2) is 4.98 Å². The van der Waals surface area contributed by atoms with Crippen molar-refractivity contribution in [3.05, 3.63) is 60.2 Å². The Labute approximate surface area is 117 Å². The standard InChI is InChI=1S/C15H17N5/c1-11-6-7-12(8-17-11)14(19-16)9-20-10-18-13-4-2-3-5-15(13)20/h2-8,10,14,19H,9,16H2,1H3. The Morgan fingerprint density at radius 2 is 2.05 bits per heavy atom. The fourth-order valence-electron chi connectivity index (χ4n) is 2.29. The van der Waals surface area contributed by atoms with Crippen molar-refractivity contribution in [1.29, 1.82) is 0 Å². The van der Waals surface area contributed by atoms with Gasteiger partial charge in [0.2, 0.25) is 0 Å². The first-order valence-corrected chi connectivity index (χ1v) is 6.56. The second-order valence-electron chi connectivity index (χ2n) is 4.84. The predicted octanol–water partition coefficient (Wildman–Crippen LogP) is 1.94. The highest BCUT2D eigenvalue weighted by molar-refractivity contribution is 5.74. The maximum absolute atomic E-state index is 5.69. The fourth-order valence-corrected chi connectivity index (χ4v) is 2.29. The van der Waals surface area contributed by atoms with E-state index in [1.807, 2.05) is 49.8 Å². The number of benzene rings is 1. The highest BCUT2D eigenvalue weighted by Crippen LogP contribution is 2.18. The van der Waals surface area contributed by atoms with Crippen molar-refractivity contribution in [2.75, 3.05) is 0 Å². The number of hydrogen-bond acceptors (Lipinski definition) is 4. The van der Waals surface area contributed by atoms with E-state index in [2.05, 4.69) is 26.0 Å². The van der Waals surface area contributed by atoms with Gasteiger partial charge in [-0.2, -0.15) is 0 Å². The summed E-state index contributed by atoms with van der Waals surface area (Å²) in [5.74, 6) is 5.69. The van der Waals surface area contributed by atoms with Crippen LogP contribution in [0, 0.1) is 6.92 Å². The molecule has 3 rings (SSSR count). The Hall–Kier alpha value is -2.24. The van der Waals surface area contributed by atoms with Gasteiger partial charge in [0, 0.05) is 18.4 Å². The van der Waals surface area contributed by atoms with Crippen LogP contribution in [-0.4, -0.2) is 14.5 Å². The summed E-state index contributed by atoms with van der Waals surface area (Å²) in [6, 6.07) is 12.1. The van der Waals surface area contributed by atoms with Gasteiger partial charge < -0.3 is 4.57 Å². The lowest BCUT2D eigenvalue weighted by molar-refractivity contribution is 0.480. The zero-order valence-electron chi connectivity index (χ0n) is 11.3. The van der Waals surface area contributed by atoms with Crippen LogP contribution in [-0.2, 0) is 6.54 Å². The van der Waals surface area contributed by atoms with Gasteiger partial charge in [0.1, 0.15) is 0 Å². The molecule has 0 saturated carbocycles. The molecule has 0 aliphatic heterocycles. The number of fused-ring (bicyclic) bond motifs is 1. The van der Waals surface area contributed by atoms with Gasteiger partial charge in [-0.3, -0.25) is 16.3 Å². The highest BCUT2D eigenvalue weighted by atomic mass is 15.2. The average Bonchev–Trinajstić information content (AvgIpc) is 2.89. The van der Waals surface area contributed by atoms with Crippen LogP contribution in [0.4, 0.5) is 0 Å². The molecular weight excluding hydrogens is 250 g/mol. The van der Waals surface area contributed by atoms with Crippen LogP contribution in [0.5, 0.6) is 0 Å². The van der Waals surface area contributed by atoms with Crippen LogP contribution in [0.2, 0.25) is 0 Å². The molecule has 5 nitrogen and oxygen atoms in total. The summed E-state index contributed by atoms with van der Waals surface area (Å²) < 4.78 is 2.10. The number of para-hydroxylation sites is 2. The van der Waals surface area contributed by atoms with Crippen molar-refractivity contribution in [3.8, 4) is 0 Å². The summed E-state index contributed by atoms with van der Waals surface area (Å²) in [7, 11) is 0. The van der Waals surface area contributed by atoms with E-state index in [1.165, 1.54) is 0 Å². The van der Waals surface area contributed by atoms with Gasteiger partial charge >= 0.3 is 0 Å². The zero-order chi connectivity index (χ0) is 13.9. The van der Waals surface area contributed by atoms with E-state index in [9.17, 15) is 0 Å².